The van der Waals surface area contributed by atoms with E-state index in [1.165, 1.54) is 19.2 Å². The summed E-state index contributed by atoms with van der Waals surface area (Å²) in [6.07, 6.45) is 1.44. The monoisotopic (exact) mass is 336 g/mol. The zero-order chi connectivity index (χ0) is 16.2. The standard InChI is InChI=1S/C10H16N4O5S2/c1-7(6-20(2)17)13-21(18,19)10-5-8(12-11)3-4-9(10)14(15)16/h3-5,7,12-13H,6,11H2,1-2H3. The van der Waals surface area contributed by atoms with Crippen LogP contribution in [0.15, 0.2) is 23.1 Å². The third-order valence-corrected chi connectivity index (χ3v) is 5.04. The molecule has 9 nitrogen and oxygen atoms in total. The summed E-state index contributed by atoms with van der Waals surface area (Å²) in [7, 11) is -5.34. The highest BCUT2D eigenvalue weighted by Crippen LogP contribution is 2.26. The number of sulfonamides is 1. The van der Waals surface area contributed by atoms with Gasteiger partial charge in [0.15, 0.2) is 4.90 Å². The Morgan fingerprint density at radius 2 is 2.10 bits per heavy atom. The van der Waals surface area contributed by atoms with Crippen molar-refractivity contribution >= 4 is 32.2 Å². The van der Waals surface area contributed by atoms with E-state index in [2.05, 4.69) is 10.1 Å². The number of nitro groups is 1. The maximum absolute atomic E-state index is 12.2. The lowest BCUT2D eigenvalue weighted by Crippen LogP contribution is -2.36. The van der Waals surface area contributed by atoms with Crippen molar-refractivity contribution in [3.05, 3.63) is 28.3 Å². The molecule has 0 saturated heterocycles. The van der Waals surface area contributed by atoms with Crippen molar-refractivity contribution in [2.75, 3.05) is 17.4 Å². The number of hydrogen-bond acceptors (Lipinski definition) is 7. The summed E-state index contributed by atoms with van der Waals surface area (Å²) in [5.74, 6) is 5.28. The molecule has 11 heteroatoms. The van der Waals surface area contributed by atoms with Crippen molar-refractivity contribution in [2.24, 2.45) is 5.84 Å². The summed E-state index contributed by atoms with van der Waals surface area (Å²) < 4.78 is 37.8. The van der Waals surface area contributed by atoms with Gasteiger partial charge in [0.25, 0.3) is 5.69 Å². The minimum atomic E-state index is -4.14. The fourth-order valence-electron chi connectivity index (χ4n) is 1.68. The Morgan fingerprint density at radius 1 is 1.48 bits per heavy atom. The van der Waals surface area contributed by atoms with E-state index in [1.807, 2.05) is 0 Å². The first-order chi connectivity index (χ1) is 9.67. The van der Waals surface area contributed by atoms with Gasteiger partial charge in [-0.2, -0.15) is 0 Å². The van der Waals surface area contributed by atoms with Gasteiger partial charge in [0, 0.05) is 34.9 Å². The molecule has 2 unspecified atom stereocenters. The molecule has 1 rings (SSSR count). The van der Waals surface area contributed by atoms with Gasteiger partial charge in [-0.15, -0.1) is 0 Å². The Hall–Kier alpha value is -1.56. The van der Waals surface area contributed by atoms with E-state index in [1.54, 1.807) is 0 Å². The van der Waals surface area contributed by atoms with Crippen LogP contribution in [0.4, 0.5) is 11.4 Å². The van der Waals surface area contributed by atoms with Crippen LogP contribution in [0, 0.1) is 10.1 Å². The number of rotatable bonds is 7. The molecule has 0 heterocycles. The fraction of sp³-hybridized carbons (Fsp3) is 0.400. The second kappa shape index (κ2) is 6.93. The number of nitrogens with one attached hydrogen (secondary N) is 2. The van der Waals surface area contributed by atoms with Crippen molar-refractivity contribution in [1.82, 2.24) is 4.72 Å². The van der Waals surface area contributed by atoms with Crippen molar-refractivity contribution in [3.8, 4) is 0 Å². The topological polar surface area (TPSA) is 144 Å². The van der Waals surface area contributed by atoms with E-state index in [4.69, 9.17) is 5.84 Å². The minimum Gasteiger partial charge on any atom is -0.324 e. The number of hydrazine groups is 1. The van der Waals surface area contributed by atoms with Crippen LogP contribution in [0.25, 0.3) is 0 Å². The Bertz CT molecular complexity index is 661. The first-order valence-corrected chi connectivity index (χ1v) is 8.96. The predicted octanol–water partition coefficient (Wildman–Crippen LogP) is -0.0743. The van der Waals surface area contributed by atoms with Crippen molar-refractivity contribution in [3.63, 3.8) is 0 Å². The number of nitrogens with zero attached hydrogens (tertiary/aromatic N) is 1. The average molecular weight is 336 g/mol. The molecular weight excluding hydrogens is 320 g/mol. The van der Waals surface area contributed by atoms with Crippen LogP contribution in [0.1, 0.15) is 6.92 Å². The lowest BCUT2D eigenvalue weighted by Gasteiger charge is -2.13. The van der Waals surface area contributed by atoms with E-state index in [0.29, 0.717) is 0 Å². The van der Waals surface area contributed by atoms with Gasteiger partial charge in [0.2, 0.25) is 10.0 Å². The highest BCUT2D eigenvalue weighted by molar-refractivity contribution is 7.89. The quantitative estimate of drug-likeness (QED) is 0.359. The maximum atomic E-state index is 12.2. The molecule has 0 amide bonds. The molecule has 2 atom stereocenters. The molecule has 118 valence electrons. The van der Waals surface area contributed by atoms with E-state index < -0.39 is 42.4 Å². The lowest BCUT2D eigenvalue weighted by atomic mass is 10.3. The molecule has 0 saturated carbocycles. The molecule has 0 radical (unpaired) electrons. The molecule has 0 aliphatic heterocycles. The molecule has 0 aliphatic rings. The third-order valence-electron chi connectivity index (χ3n) is 2.45. The molecule has 1 aromatic carbocycles. The van der Waals surface area contributed by atoms with E-state index in [-0.39, 0.29) is 11.4 Å². The van der Waals surface area contributed by atoms with Gasteiger partial charge in [-0.3, -0.25) is 20.2 Å². The van der Waals surface area contributed by atoms with Crippen molar-refractivity contribution in [2.45, 2.75) is 17.9 Å². The third kappa shape index (κ3) is 4.74. The molecule has 1 aromatic rings. The van der Waals surface area contributed by atoms with Gasteiger partial charge < -0.3 is 5.43 Å². The van der Waals surface area contributed by atoms with Gasteiger partial charge in [0.1, 0.15) is 0 Å². The number of benzene rings is 1. The predicted molar refractivity (Wildman–Crippen MR) is 79.6 cm³/mol. The number of hydrogen-bond donors (Lipinski definition) is 3. The van der Waals surface area contributed by atoms with Crippen LogP contribution in [-0.2, 0) is 20.8 Å². The second-order valence-electron chi connectivity index (χ2n) is 4.35. The highest BCUT2D eigenvalue weighted by atomic mass is 32.2. The summed E-state index contributed by atoms with van der Waals surface area (Å²) in [6.45, 7) is 1.52. The zero-order valence-corrected chi connectivity index (χ0v) is 13.0. The van der Waals surface area contributed by atoms with Gasteiger partial charge in [-0.05, 0) is 19.1 Å². The molecule has 4 N–H and O–H groups in total. The molecule has 0 bridgehead atoms. The Labute approximate surface area is 124 Å². The average Bonchev–Trinajstić information content (AvgIpc) is 2.36. The summed E-state index contributed by atoms with van der Waals surface area (Å²) in [5, 5.41) is 10.9. The largest absolute Gasteiger partial charge is 0.324 e. The van der Waals surface area contributed by atoms with Crippen LogP contribution < -0.4 is 16.0 Å². The Balaban J connectivity index is 3.22. The molecule has 21 heavy (non-hydrogen) atoms. The van der Waals surface area contributed by atoms with Gasteiger partial charge in [-0.1, -0.05) is 0 Å². The highest BCUT2D eigenvalue weighted by Gasteiger charge is 2.27. The molecular formula is C10H16N4O5S2. The van der Waals surface area contributed by atoms with Crippen LogP contribution in [-0.4, -0.2) is 35.6 Å². The SMILES string of the molecule is CC(CS(C)=O)NS(=O)(=O)c1cc(NN)ccc1[N+](=O)[O-]. The second-order valence-corrected chi connectivity index (χ2v) is 7.51. The first-order valence-electron chi connectivity index (χ1n) is 5.74. The van der Waals surface area contributed by atoms with Gasteiger partial charge in [0.05, 0.1) is 10.6 Å². The van der Waals surface area contributed by atoms with Crippen molar-refractivity contribution < 1.29 is 17.6 Å². The molecule has 0 aliphatic carbocycles. The van der Waals surface area contributed by atoms with Crippen LogP contribution in [0.5, 0.6) is 0 Å². The molecule has 0 fully saturated rings. The summed E-state index contributed by atoms with van der Waals surface area (Å²) in [4.78, 5) is 9.65. The summed E-state index contributed by atoms with van der Waals surface area (Å²) in [5.41, 5.74) is 1.88. The number of nitrogens with two attached hydrogens (primary N) is 1. The normalized spacial score (nSPS) is 14.4. The molecule has 0 spiro atoms. The summed E-state index contributed by atoms with van der Waals surface area (Å²) >= 11 is 0. The summed E-state index contributed by atoms with van der Waals surface area (Å²) in [6, 6.07) is 2.78. The minimum absolute atomic E-state index is 0.0991. The number of nitrogen functional groups attached to an aromatic ring is 1. The Kier molecular flexibility index (Phi) is 5.78. The maximum Gasteiger partial charge on any atom is 0.289 e. The van der Waals surface area contributed by atoms with Gasteiger partial charge in [-0.25, -0.2) is 13.1 Å². The van der Waals surface area contributed by atoms with Crippen LogP contribution in [0.2, 0.25) is 0 Å². The van der Waals surface area contributed by atoms with E-state index in [0.717, 1.165) is 12.1 Å². The van der Waals surface area contributed by atoms with E-state index >= 15 is 0 Å². The zero-order valence-electron chi connectivity index (χ0n) is 11.4. The van der Waals surface area contributed by atoms with Gasteiger partial charge >= 0.3 is 0 Å². The number of anilines is 1. The number of nitro benzene ring substituents is 1. The smallest absolute Gasteiger partial charge is 0.289 e. The first kappa shape index (κ1) is 17.5. The van der Waals surface area contributed by atoms with Crippen LogP contribution >= 0.6 is 0 Å². The van der Waals surface area contributed by atoms with Crippen molar-refractivity contribution in [1.29, 1.82) is 0 Å². The fourth-order valence-corrected chi connectivity index (χ4v) is 4.02. The van der Waals surface area contributed by atoms with Crippen LogP contribution in [0.3, 0.4) is 0 Å². The molecule has 0 aromatic heterocycles. The lowest BCUT2D eigenvalue weighted by molar-refractivity contribution is -0.387. The van der Waals surface area contributed by atoms with E-state index in [9.17, 15) is 22.7 Å². The Morgan fingerprint density at radius 3 is 2.57 bits per heavy atom.